The third kappa shape index (κ3) is 3.36. The Morgan fingerprint density at radius 3 is 2.03 bits per heavy atom. The standard InChI is InChI=1S/C29H32O2S/c1-2-29(23-12-19-11-20(14-23)15-24(29)13-19)31-28(30)18-32-17-27-25-9-5-3-7-21(25)16-22-8-4-6-10-26(22)27/h3-10,16,19-20,23-24H,2,11-15,17-18H2,1H3. The fourth-order valence-electron chi connectivity index (χ4n) is 7.54. The van der Waals surface area contributed by atoms with E-state index in [4.69, 9.17) is 4.74 Å². The molecule has 7 rings (SSSR count). The number of rotatable bonds is 6. The molecule has 4 aliphatic carbocycles. The third-order valence-corrected chi connectivity index (χ3v) is 9.66. The molecule has 2 nitrogen and oxygen atoms in total. The Morgan fingerprint density at radius 2 is 1.47 bits per heavy atom. The Labute approximate surface area is 195 Å². The van der Waals surface area contributed by atoms with Crippen LogP contribution in [0.2, 0.25) is 0 Å². The maximum atomic E-state index is 13.1. The minimum atomic E-state index is -0.183. The molecular formula is C29H32O2S. The van der Waals surface area contributed by atoms with Gasteiger partial charge in [0.05, 0.1) is 5.75 Å². The van der Waals surface area contributed by atoms with Crippen molar-refractivity contribution in [3.05, 3.63) is 60.2 Å². The lowest BCUT2D eigenvalue weighted by molar-refractivity contribution is -0.208. The number of esters is 1. The van der Waals surface area contributed by atoms with E-state index in [1.165, 1.54) is 59.2 Å². The summed E-state index contributed by atoms with van der Waals surface area (Å²) in [6.45, 7) is 2.24. The van der Waals surface area contributed by atoms with Gasteiger partial charge in [0.2, 0.25) is 0 Å². The van der Waals surface area contributed by atoms with Gasteiger partial charge < -0.3 is 4.74 Å². The largest absolute Gasteiger partial charge is 0.458 e. The Balaban J connectivity index is 1.18. The number of hydrogen-bond acceptors (Lipinski definition) is 3. The fraction of sp³-hybridized carbons (Fsp3) is 0.483. The SMILES string of the molecule is CCC1(OC(=O)CSCc2c3ccccc3cc3ccccc23)C2CC3CC(C2)CC1C3. The molecule has 0 N–H and O–H groups in total. The molecule has 4 aliphatic rings. The molecule has 0 aromatic heterocycles. The van der Waals surface area contributed by atoms with Gasteiger partial charge in [0, 0.05) is 5.75 Å². The quantitative estimate of drug-likeness (QED) is 0.293. The molecule has 3 heteroatoms. The van der Waals surface area contributed by atoms with Gasteiger partial charge in [-0.3, -0.25) is 4.79 Å². The zero-order chi connectivity index (χ0) is 21.7. The molecule has 0 saturated heterocycles. The molecule has 4 saturated carbocycles. The summed E-state index contributed by atoms with van der Waals surface area (Å²) in [4.78, 5) is 13.1. The molecule has 0 radical (unpaired) electrons. The van der Waals surface area contributed by atoms with Crippen LogP contribution >= 0.6 is 11.8 Å². The van der Waals surface area contributed by atoms with Crippen LogP contribution in [0, 0.1) is 23.7 Å². The maximum Gasteiger partial charge on any atom is 0.316 e. The predicted molar refractivity (Wildman–Crippen MR) is 134 cm³/mol. The topological polar surface area (TPSA) is 26.3 Å². The van der Waals surface area contributed by atoms with Crippen molar-refractivity contribution in [2.75, 3.05) is 5.75 Å². The van der Waals surface area contributed by atoms with Crippen LogP contribution in [0.25, 0.3) is 21.5 Å². The summed E-state index contributed by atoms with van der Waals surface area (Å²) in [5.74, 6) is 4.24. The number of fused-ring (bicyclic) bond motifs is 2. The molecule has 0 heterocycles. The Bertz CT molecular complexity index is 1080. The van der Waals surface area contributed by atoms with Crippen molar-refractivity contribution in [2.24, 2.45) is 23.7 Å². The van der Waals surface area contributed by atoms with Crippen molar-refractivity contribution in [3.8, 4) is 0 Å². The molecule has 0 spiro atoms. The van der Waals surface area contributed by atoms with Crippen molar-refractivity contribution in [1.82, 2.24) is 0 Å². The van der Waals surface area contributed by atoms with Gasteiger partial charge in [0.1, 0.15) is 5.60 Å². The van der Waals surface area contributed by atoms with Gasteiger partial charge in [0.25, 0.3) is 0 Å². The van der Waals surface area contributed by atoms with E-state index >= 15 is 0 Å². The van der Waals surface area contributed by atoms with Crippen LogP contribution in [0.4, 0.5) is 0 Å². The van der Waals surface area contributed by atoms with E-state index < -0.39 is 0 Å². The van der Waals surface area contributed by atoms with E-state index in [1.54, 1.807) is 11.8 Å². The maximum absolute atomic E-state index is 13.1. The average molecular weight is 445 g/mol. The second-order valence-corrected chi connectivity index (χ2v) is 11.4. The van der Waals surface area contributed by atoms with Crippen LogP contribution in [-0.2, 0) is 15.3 Å². The van der Waals surface area contributed by atoms with Crippen LogP contribution < -0.4 is 0 Å². The lowest BCUT2D eigenvalue weighted by Crippen LogP contribution is -2.59. The van der Waals surface area contributed by atoms with Crippen molar-refractivity contribution >= 4 is 39.3 Å². The molecule has 0 amide bonds. The summed E-state index contributed by atoms with van der Waals surface area (Å²) in [5.41, 5.74) is 1.15. The lowest BCUT2D eigenvalue weighted by Gasteiger charge is -2.60. The summed E-state index contributed by atoms with van der Waals surface area (Å²) in [7, 11) is 0. The second kappa shape index (κ2) is 8.09. The predicted octanol–water partition coefficient (Wildman–Crippen LogP) is 7.37. The molecule has 3 aromatic carbocycles. The molecule has 32 heavy (non-hydrogen) atoms. The molecule has 4 fully saturated rings. The van der Waals surface area contributed by atoms with Gasteiger partial charge in [0.15, 0.2) is 0 Å². The zero-order valence-electron chi connectivity index (χ0n) is 18.9. The third-order valence-electron chi connectivity index (χ3n) is 8.73. The average Bonchev–Trinajstić information content (AvgIpc) is 2.80. The van der Waals surface area contributed by atoms with Crippen LogP contribution in [0.3, 0.4) is 0 Å². The van der Waals surface area contributed by atoms with Gasteiger partial charge in [-0.15, -0.1) is 11.8 Å². The van der Waals surface area contributed by atoms with Gasteiger partial charge in [-0.1, -0.05) is 55.5 Å². The number of benzene rings is 3. The minimum absolute atomic E-state index is 0.00568. The van der Waals surface area contributed by atoms with E-state index in [1.807, 2.05) is 0 Å². The summed E-state index contributed by atoms with van der Waals surface area (Å²) in [6, 6.07) is 19.5. The zero-order valence-corrected chi connectivity index (χ0v) is 19.7. The number of carbonyl (C=O) groups is 1. The van der Waals surface area contributed by atoms with Gasteiger partial charge in [-0.2, -0.15) is 0 Å². The summed E-state index contributed by atoms with van der Waals surface area (Å²) in [5, 5.41) is 5.11. The first-order valence-electron chi connectivity index (χ1n) is 12.3. The van der Waals surface area contributed by atoms with E-state index in [0.717, 1.165) is 24.0 Å². The summed E-state index contributed by atoms with van der Waals surface area (Å²) >= 11 is 1.70. The molecule has 166 valence electrons. The normalized spacial score (nSPS) is 30.8. The Morgan fingerprint density at radius 1 is 0.906 bits per heavy atom. The highest BCUT2D eigenvalue weighted by atomic mass is 32.2. The van der Waals surface area contributed by atoms with Gasteiger partial charge >= 0.3 is 5.97 Å². The smallest absolute Gasteiger partial charge is 0.316 e. The van der Waals surface area contributed by atoms with E-state index in [-0.39, 0.29) is 11.6 Å². The van der Waals surface area contributed by atoms with Crippen LogP contribution in [0.5, 0.6) is 0 Å². The van der Waals surface area contributed by atoms with Crippen molar-refractivity contribution < 1.29 is 9.53 Å². The number of ether oxygens (including phenoxy) is 1. The minimum Gasteiger partial charge on any atom is -0.458 e. The fourth-order valence-corrected chi connectivity index (χ4v) is 8.38. The Hall–Kier alpha value is -2.00. The van der Waals surface area contributed by atoms with Gasteiger partial charge in [-0.05, 0) is 95.4 Å². The highest BCUT2D eigenvalue weighted by Crippen LogP contribution is 2.60. The molecule has 0 unspecified atom stereocenters. The molecular weight excluding hydrogens is 412 g/mol. The first kappa shape index (κ1) is 20.6. The summed E-state index contributed by atoms with van der Waals surface area (Å²) < 4.78 is 6.42. The number of hydrogen-bond donors (Lipinski definition) is 0. The number of carbonyl (C=O) groups excluding carboxylic acids is 1. The molecule has 3 aromatic rings. The Kier molecular flexibility index (Phi) is 5.21. The highest BCUT2D eigenvalue weighted by molar-refractivity contribution is 7.99. The molecule has 4 bridgehead atoms. The van der Waals surface area contributed by atoms with E-state index in [2.05, 4.69) is 61.5 Å². The molecule has 0 aliphatic heterocycles. The van der Waals surface area contributed by atoms with E-state index in [9.17, 15) is 4.79 Å². The van der Waals surface area contributed by atoms with Gasteiger partial charge in [-0.25, -0.2) is 0 Å². The lowest BCUT2D eigenvalue weighted by atomic mass is 9.49. The van der Waals surface area contributed by atoms with Crippen molar-refractivity contribution in [2.45, 2.75) is 56.8 Å². The van der Waals surface area contributed by atoms with Crippen LogP contribution in [0.1, 0.15) is 51.0 Å². The first-order valence-corrected chi connectivity index (χ1v) is 13.5. The molecule has 0 atom stereocenters. The second-order valence-electron chi connectivity index (χ2n) is 10.4. The number of thioether (sulfide) groups is 1. The monoisotopic (exact) mass is 444 g/mol. The van der Waals surface area contributed by atoms with E-state index in [0.29, 0.717) is 17.6 Å². The van der Waals surface area contributed by atoms with Crippen molar-refractivity contribution in [3.63, 3.8) is 0 Å². The van der Waals surface area contributed by atoms with Crippen molar-refractivity contribution in [1.29, 1.82) is 0 Å². The van der Waals surface area contributed by atoms with Crippen LogP contribution in [-0.4, -0.2) is 17.3 Å². The van der Waals surface area contributed by atoms with Crippen LogP contribution in [0.15, 0.2) is 54.6 Å². The highest BCUT2D eigenvalue weighted by Gasteiger charge is 2.58. The summed E-state index contributed by atoms with van der Waals surface area (Å²) in [6.07, 6.45) is 7.53. The first-order chi connectivity index (χ1) is 15.7.